The Morgan fingerprint density at radius 3 is 1.44 bits per heavy atom. The van der Waals surface area contributed by atoms with Gasteiger partial charge in [-0.05, 0) is 87.3 Å². The van der Waals surface area contributed by atoms with Crippen LogP contribution in [-0.2, 0) is 0 Å². The van der Waals surface area contributed by atoms with E-state index in [9.17, 15) is 0 Å². The molecule has 61 heavy (non-hydrogen) atoms. The van der Waals surface area contributed by atoms with Gasteiger partial charge in [-0.3, -0.25) is 0 Å². The fraction of sp³-hybridized carbons (Fsp3) is 0. The molecular weight excluding hydrogens is 743 g/mol. The molecular formula is C58H37NO2. The highest BCUT2D eigenvalue weighted by Crippen LogP contribution is 2.48. The lowest BCUT2D eigenvalue weighted by molar-refractivity contribution is 0.670. The van der Waals surface area contributed by atoms with Crippen LogP contribution < -0.4 is 4.90 Å². The van der Waals surface area contributed by atoms with Crippen LogP contribution in [0, 0.1) is 0 Å². The Bertz CT molecular complexity index is 3550. The van der Waals surface area contributed by atoms with E-state index in [0.717, 1.165) is 88.6 Å². The van der Waals surface area contributed by atoms with Crippen LogP contribution in [-0.4, -0.2) is 0 Å². The molecule has 12 aromatic rings. The smallest absolute Gasteiger partial charge is 0.143 e. The predicted octanol–water partition coefficient (Wildman–Crippen LogP) is 16.8. The van der Waals surface area contributed by atoms with E-state index in [0.29, 0.717) is 0 Å². The van der Waals surface area contributed by atoms with Crippen molar-refractivity contribution < 1.29 is 8.83 Å². The van der Waals surface area contributed by atoms with Crippen LogP contribution in [0.4, 0.5) is 17.1 Å². The van der Waals surface area contributed by atoms with Crippen LogP contribution in [0.5, 0.6) is 0 Å². The number of furan rings is 2. The highest BCUT2D eigenvalue weighted by atomic mass is 16.3. The Morgan fingerprint density at radius 1 is 0.262 bits per heavy atom. The van der Waals surface area contributed by atoms with Gasteiger partial charge in [0, 0.05) is 49.4 Å². The van der Waals surface area contributed by atoms with Gasteiger partial charge in [0.15, 0.2) is 0 Å². The Balaban J connectivity index is 1.09. The first-order valence-corrected chi connectivity index (χ1v) is 20.7. The topological polar surface area (TPSA) is 29.5 Å². The minimum atomic E-state index is 0.849. The number of hydrogen-bond donors (Lipinski definition) is 0. The molecule has 2 aromatic heterocycles. The minimum absolute atomic E-state index is 0.849. The molecule has 0 aliphatic carbocycles. The molecule has 286 valence electrons. The maximum absolute atomic E-state index is 6.92. The maximum atomic E-state index is 6.92. The van der Waals surface area contributed by atoms with Crippen molar-refractivity contribution in [1.29, 1.82) is 0 Å². The summed E-state index contributed by atoms with van der Waals surface area (Å²) in [6, 6.07) is 79.8. The van der Waals surface area contributed by atoms with Crippen molar-refractivity contribution in [1.82, 2.24) is 0 Å². The van der Waals surface area contributed by atoms with Gasteiger partial charge in [-0.1, -0.05) is 176 Å². The van der Waals surface area contributed by atoms with E-state index in [-0.39, 0.29) is 0 Å². The third-order valence-electron chi connectivity index (χ3n) is 12.1. The zero-order chi connectivity index (χ0) is 40.3. The standard InChI is InChI=1S/C58H37NO2/c1-4-15-38(16-5-1)39-27-31-43(32-28-39)59(44-33-29-42(30-34-44)45-24-14-25-49-47-22-12-13-26-55(47)60-57(45)49)54-36-52-53-35-50(40-17-6-2-7-18-40)46-21-10-11-23-48(46)58(53)61-56(52)37-51(54)41-19-8-3-9-20-41/h1-37H. The van der Waals surface area contributed by atoms with Crippen LogP contribution in [0.3, 0.4) is 0 Å². The second kappa shape index (κ2) is 14.3. The Labute approximate surface area is 353 Å². The van der Waals surface area contributed by atoms with Crippen molar-refractivity contribution in [2.75, 3.05) is 4.90 Å². The molecule has 0 amide bonds. The third-order valence-corrected chi connectivity index (χ3v) is 12.1. The molecule has 12 rings (SSSR count). The summed E-state index contributed by atoms with van der Waals surface area (Å²) in [4.78, 5) is 2.39. The van der Waals surface area contributed by atoms with Gasteiger partial charge in [-0.15, -0.1) is 0 Å². The van der Waals surface area contributed by atoms with E-state index in [1.807, 2.05) is 12.1 Å². The average molecular weight is 780 g/mol. The number of para-hydroxylation sites is 2. The van der Waals surface area contributed by atoms with Gasteiger partial charge < -0.3 is 13.7 Å². The maximum Gasteiger partial charge on any atom is 0.143 e. The van der Waals surface area contributed by atoms with Crippen molar-refractivity contribution in [2.45, 2.75) is 0 Å². The monoisotopic (exact) mass is 779 g/mol. The van der Waals surface area contributed by atoms with E-state index in [1.165, 1.54) is 27.6 Å². The summed E-state index contributed by atoms with van der Waals surface area (Å²) in [5.74, 6) is 0. The molecule has 0 fully saturated rings. The lowest BCUT2D eigenvalue weighted by Crippen LogP contribution is -2.11. The number of nitrogens with zero attached hydrogens (tertiary/aromatic N) is 1. The van der Waals surface area contributed by atoms with Gasteiger partial charge in [0.25, 0.3) is 0 Å². The Hall–Kier alpha value is -8.14. The highest BCUT2D eigenvalue weighted by Gasteiger charge is 2.23. The van der Waals surface area contributed by atoms with Crippen molar-refractivity contribution in [3.8, 4) is 44.5 Å². The van der Waals surface area contributed by atoms with Gasteiger partial charge in [-0.25, -0.2) is 0 Å². The molecule has 3 nitrogen and oxygen atoms in total. The molecule has 0 unspecified atom stereocenters. The number of hydrogen-bond acceptors (Lipinski definition) is 3. The fourth-order valence-electron chi connectivity index (χ4n) is 9.15. The average Bonchev–Trinajstić information content (AvgIpc) is 3.91. The number of anilines is 3. The third kappa shape index (κ3) is 5.90. The van der Waals surface area contributed by atoms with Crippen LogP contribution in [0.1, 0.15) is 0 Å². The zero-order valence-electron chi connectivity index (χ0n) is 33.1. The Kier molecular flexibility index (Phi) is 8.17. The van der Waals surface area contributed by atoms with Crippen molar-refractivity contribution in [3.05, 3.63) is 224 Å². The summed E-state index contributed by atoms with van der Waals surface area (Å²) < 4.78 is 13.4. The van der Waals surface area contributed by atoms with Crippen molar-refractivity contribution in [3.63, 3.8) is 0 Å². The number of fused-ring (bicyclic) bond motifs is 8. The van der Waals surface area contributed by atoms with Gasteiger partial charge in [0.2, 0.25) is 0 Å². The summed E-state index contributed by atoms with van der Waals surface area (Å²) in [6.45, 7) is 0. The minimum Gasteiger partial charge on any atom is -0.455 e. The summed E-state index contributed by atoms with van der Waals surface area (Å²) in [5.41, 5.74) is 15.7. The van der Waals surface area contributed by atoms with Gasteiger partial charge in [0.05, 0.1) is 5.69 Å². The van der Waals surface area contributed by atoms with Gasteiger partial charge >= 0.3 is 0 Å². The van der Waals surface area contributed by atoms with Crippen LogP contribution in [0.2, 0.25) is 0 Å². The lowest BCUT2D eigenvalue weighted by Gasteiger charge is -2.28. The Morgan fingerprint density at radius 2 is 0.754 bits per heavy atom. The van der Waals surface area contributed by atoms with Crippen LogP contribution in [0.25, 0.3) is 99.2 Å². The molecule has 3 heteroatoms. The van der Waals surface area contributed by atoms with E-state index >= 15 is 0 Å². The van der Waals surface area contributed by atoms with Crippen LogP contribution in [0.15, 0.2) is 233 Å². The zero-order valence-corrected chi connectivity index (χ0v) is 33.1. The van der Waals surface area contributed by atoms with Crippen molar-refractivity contribution >= 4 is 71.7 Å². The van der Waals surface area contributed by atoms with E-state index in [1.54, 1.807) is 0 Å². The first-order valence-electron chi connectivity index (χ1n) is 20.7. The normalized spacial score (nSPS) is 11.6. The molecule has 0 spiro atoms. The molecule has 0 atom stereocenters. The van der Waals surface area contributed by atoms with Crippen LogP contribution >= 0.6 is 0 Å². The fourth-order valence-corrected chi connectivity index (χ4v) is 9.15. The second-order valence-corrected chi connectivity index (χ2v) is 15.6. The second-order valence-electron chi connectivity index (χ2n) is 15.6. The number of rotatable bonds is 7. The molecule has 0 saturated heterocycles. The molecule has 0 N–H and O–H groups in total. The van der Waals surface area contributed by atoms with Gasteiger partial charge in [-0.2, -0.15) is 0 Å². The summed E-state index contributed by atoms with van der Waals surface area (Å²) >= 11 is 0. The molecule has 0 bridgehead atoms. The van der Waals surface area contributed by atoms with E-state index in [4.69, 9.17) is 8.83 Å². The summed E-state index contributed by atoms with van der Waals surface area (Å²) in [6.07, 6.45) is 0. The SMILES string of the molecule is c1ccc(-c2ccc(N(c3ccc(-c4cccc5c4oc4ccccc45)cc3)c3cc4c(cc3-c3ccccc3)oc3c5ccccc5c(-c5ccccc5)cc43)cc2)cc1. The molecule has 0 saturated carbocycles. The van der Waals surface area contributed by atoms with Gasteiger partial charge in [0.1, 0.15) is 22.3 Å². The molecule has 0 radical (unpaired) electrons. The molecule has 10 aromatic carbocycles. The van der Waals surface area contributed by atoms with Crippen molar-refractivity contribution in [2.24, 2.45) is 0 Å². The van der Waals surface area contributed by atoms with E-state index < -0.39 is 0 Å². The predicted molar refractivity (Wildman–Crippen MR) is 255 cm³/mol. The largest absolute Gasteiger partial charge is 0.455 e. The quantitative estimate of drug-likeness (QED) is 0.161. The first-order chi connectivity index (χ1) is 30.2. The number of benzene rings is 10. The van der Waals surface area contributed by atoms with E-state index in [2.05, 4.69) is 217 Å². The molecule has 2 heterocycles. The first kappa shape index (κ1) is 34.9. The summed E-state index contributed by atoms with van der Waals surface area (Å²) in [7, 11) is 0. The highest BCUT2D eigenvalue weighted by molar-refractivity contribution is 6.20. The molecule has 0 aliphatic heterocycles. The summed E-state index contributed by atoms with van der Waals surface area (Å²) in [5, 5.41) is 6.66. The lowest BCUT2D eigenvalue weighted by atomic mass is 9.94. The molecule has 0 aliphatic rings.